The average molecular weight is 690 g/mol. The molecular formula is C36H63N7O6. The van der Waals surface area contributed by atoms with Gasteiger partial charge in [-0.15, -0.1) is 0 Å². The van der Waals surface area contributed by atoms with Crippen LogP contribution in [0.1, 0.15) is 139 Å². The highest BCUT2D eigenvalue weighted by Gasteiger charge is 2.27. The molecule has 0 saturated carbocycles. The summed E-state index contributed by atoms with van der Waals surface area (Å²) in [6, 6.07) is 1.86. The van der Waals surface area contributed by atoms with E-state index < -0.39 is 29.0 Å². The third-order valence-electron chi connectivity index (χ3n) is 7.05. The van der Waals surface area contributed by atoms with E-state index in [-0.39, 0.29) is 12.0 Å². The second-order valence-electron chi connectivity index (χ2n) is 15.7. The number of hydrogen-bond donors (Lipinski definition) is 3. The zero-order chi connectivity index (χ0) is 36.8. The Labute approximate surface area is 293 Å². The summed E-state index contributed by atoms with van der Waals surface area (Å²) in [5.41, 5.74) is -0.0240. The van der Waals surface area contributed by atoms with Gasteiger partial charge in [-0.1, -0.05) is 39.5 Å². The van der Waals surface area contributed by atoms with Gasteiger partial charge in [0.15, 0.2) is 5.65 Å². The molecule has 49 heavy (non-hydrogen) atoms. The van der Waals surface area contributed by atoms with Gasteiger partial charge in [-0.2, -0.15) is 9.61 Å². The first-order chi connectivity index (χ1) is 22.8. The maximum Gasteiger partial charge on any atom is 0.416 e. The van der Waals surface area contributed by atoms with Crippen molar-refractivity contribution in [1.29, 1.82) is 0 Å². The topological polar surface area (TPSA) is 148 Å². The maximum atomic E-state index is 13.6. The van der Waals surface area contributed by atoms with E-state index in [1.165, 1.54) is 0 Å². The Morgan fingerprint density at radius 1 is 0.735 bits per heavy atom. The molecule has 0 saturated heterocycles. The van der Waals surface area contributed by atoms with Gasteiger partial charge in [0, 0.05) is 37.8 Å². The number of alkyl carbamates (subject to hydrolysis) is 2. The predicted molar refractivity (Wildman–Crippen MR) is 195 cm³/mol. The summed E-state index contributed by atoms with van der Waals surface area (Å²) in [4.78, 5) is 43.9. The number of aromatic nitrogens is 3. The number of carbonyl (C=O) groups excluding carboxylic acids is 3. The molecule has 0 atom stereocenters. The van der Waals surface area contributed by atoms with Gasteiger partial charge in [-0.3, -0.25) is 4.90 Å². The highest BCUT2D eigenvalue weighted by molar-refractivity contribution is 5.88. The van der Waals surface area contributed by atoms with Gasteiger partial charge < -0.3 is 30.2 Å². The van der Waals surface area contributed by atoms with Crippen molar-refractivity contribution in [3.63, 3.8) is 0 Å². The van der Waals surface area contributed by atoms with Crippen LogP contribution in [0.25, 0.3) is 5.65 Å². The predicted octanol–water partition coefficient (Wildman–Crippen LogP) is 8.18. The number of nitrogens with one attached hydrogen (secondary N) is 3. The lowest BCUT2D eigenvalue weighted by atomic mass is 10.1. The first kappa shape index (κ1) is 41.4. The van der Waals surface area contributed by atoms with Crippen LogP contribution in [0.3, 0.4) is 0 Å². The lowest BCUT2D eigenvalue weighted by Gasteiger charge is -2.28. The van der Waals surface area contributed by atoms with Crippen LogP contribution in [0.15, 0.2) is 12.3 Å². The van der Waals surface area contributed by atoms with Crippen molar-refractivity contribution in [3.05, 3.63) is 17.8 Å². The van der Waals surface area contributed by atoms with E-state index in [1.54, 1.807) is 9.42 Å². The van der Waals surface area contributed by atoms with E-state index in [2.05, 4.69) is 34.9 Å². The molecule has 0 bridgehead atoms. The van der Waals surface area contributed by atoms with Gasteiger partial charge in [0.25, 0.3) is 0 Å². The first-order valence-corrected chi connectivity index (χ1v) is 17.8. The first-order valence-electron chi connectivity index (χ1n) is 17.8. The Morgan fingerprint density at radius 2 is 1.22 bits per heavy atom. The van der Waals surface area contributed by atoms with Gasteiger partial charge in [0.1, 0.15) is 28.4 Å². The summed E-state index contributed by atoms with van der Waals surface area (Å²) in [6.45, 7) is 23.1. The zero-order valence-electron chi connectivity index (χ0n) is 32.0. The van der Waals surface area contributed by atoms with E-state index in [1.807, 2.05) is 74.6 Å². The molecule has 0 spiro atoms. The van der Waals surface area contributed by atoms with E-state index in [4.69, 9.17) is 19.2 Å². The quantitative estimate of drug-likeness (QED) is 0.110. The van der Waals surface area contributed by atoms with E-state index >= 15 is 0 Å². The van der Waals surface area contributed by atoms with Crippen LogP contribution in [0.2, 0.25) is 0 Å². The molecule has 3 amide bonds. The number of nitrogens with zero attached hydrogens (tertiary/aromatic N) is 4. The molecule has 13 heteroatoms. The zero-order valence-corrected chi connectivity index (χ0v) is 32.0. The van der Waals surface area contributed by atoms with Gasteiger partial charge in [-0.05, 0) is 93.9 Å². The van der Waals surface area contributed by atoms with E-state index in [9.17, 15) is 14.4 Å². The highest BCUT2D eigenvalue weighted by atomic mass is 16.6. The molecule has 0 radical (unpaired) electrons. The number of ether oxygens (including phenoxy) is 3. The molecule has 0 aliphatic heterocycles. The molecular weight excluding hydrogens is 626 g/mol. The summed E-state index contributed by atoms with van der Waals surface area (Å²) in [7, 11) is 0. The SMILES string of the molecule is CC(C)c1cnn2c(N(CCCCCCNC(=O)OC(C)(C)C)C(=O)OC(C)(C)C)cc(NCCCCCCNC(=O)OC(C)(C)C)nc12. The Hall–Kier alpha value is -3.77. The van der Waals surface area contributed by atoms with Crippen LogP contribution in [-0.2, 0) is 14.2 Å². The van der Waals surface area contributed by atoms with Crippen molar-refractivity contribution in [1.82, 2.24) is 25.2 Å². The number of amides is 3. The number of fused-ring (bicyclic) bond motifs is 1. The van der Waals surface area contributed by atoms with E-state index in [0.29, 0.717) is 43.5 Å². The van der Waals surface area contributed by atoms with Crippen molar-refractivity contribution in [2.75, 3.05) is 36.4 Å². The number of anilines is 2. The summed E-state index contributed by atoms with van der Waals surface area (Å²) < 4.78 is 18.2. The van der Waals surface area contributed by atoms with Gasteiger partial charge in [0.05, 0.1) is 6.20 Å². The van der Waals surface area contributed by atoms with Crippen molar-refractivity contribution in [3.8, 4) is 0 Å². The fraction of sp³-hybridized carbons (Fsp3) is 0.750. The fourth-order valence-corrected chi connectivity index (χ4v) is 4.85. The van der Waals surface area contributed by atoms with E-state index in [0.717, 1.165) is 56.9 Å². The summed E-state index contributed by atoms with van der Waals surface area (Å²) in [6.07, 6.45) is 7.59. The molecule has 0 aliphatic rings. The molecule has 0 fully saturated rings. The fourth-order valence-electron chi connectivity index (χ4n) is 4.85. The van der Waals surface area contributed by atoms with Crippen LogP contribution in [0.5, 0.6) is 0 Å². The molecule has 0 unspecified atom stereocenters. The van der Waals surface area contributed by atoms with Crippen molar-refractivity contribution < 1.29 is 28.6 Å². The summed E-state index contributed by atoms with van der Waals surface area (Å²) in [5, 5.41) is 13.7. The Bertz CT molecular complexity index is 1340. The minimum atomic E-state index is -0.675. The van der Waals surface area contributed by atoms with Gasteiger partial charge >= 0.3 is 18.3 Å². The van der Waals surface area contributed by atoms with Crippen LogP contribution < -0.4 is 20.9 Å². The minimum absolute atomic E-state index is 0.187. The second-order valence-corrected chi connectivity index (χ2v) is 15.7. The summed E-state index contributed by atoms with van der Waals surface area (Å²) in [5.74, 6) is 1.44. The van der Waals surface area contributed by atoms with Crippen molar-refractivity contribution in [2.45, 2.75) is 150 Å². The summed E-state index contributed by atoms with van der Waals surface area (Å²) >= 11 is 0. The molecule has 2 heterocycles. The largest absolute Gasteiger partial charge is 0.444 e. The van der Waals surface area contributed by atoms with Gasteiger partial charge in [-0.25, -0.2) is 19.4 Å². The van der Waals surface area contributed by atoms with Crippen LogP contribution >= 0.6 is 0 Å². The van der Waals surface area contributed by atoms with Gasteiger partial charge in [0.2, 0.25) is 0 Å². The van der Waals surface area contributed by atoms with Crippen LogP contribution in [0.4, 0.5) is 26.0 Å². The normalized spacial score (nSPS) is 12.2. The monoisotopic (exact) mass is 689 g/mol. The number of unbranched alkanes of at least 4 members (excludes halogenated alkanes) is 6. The number of carbonyl (C=O) groups is 3. The minimum Gasteiger partial charge on any atom is -0.444 e. The maximum absolute atomic E-state index is 13.6. The molecule has 2 rings (SSSR count). The molecule has 13 nitrogen and oxygen atoms in total. The standard InChI is InChI=1S/C36H63N7O6/c1-26(2)27-25-40-43-29(24-28(41-30(27)43)37-20-16-12-13-17-21-38-31(44)47-34(3,4)5)42(33(46)49-36(9,10)11)23-19-15-14-18-22-39-32(45)48-35(6,7)8/h24-26H,12-23H2,1-11H3,(H,37,41)(H,38,44)(H,39,45). The highest BCUT2D eigenvalue weighted by Crippen LogP contribution is 2.28. The third kappa shape index (κ3) is 16.5. The van der Waals surface area contributed by atoms with Crippen LogP contribution in [-0.4, -0.2) is 75.9 Å². The average Bonchev–Trinajstić information content (AvgIpc) is 3.37. The molecule has 0 aliphatic carbocycles. The molecule has 0 aromatic carbocycles. The molecule has 2 aromatic rings. The lowest BCUT2D eigenvalue weighted by Crippen LogP contribution is -2.38. The Morgan fingerprint density at radius 3 is 1.71 bits per heavy atom. The number of rotatable bonds is 17. The Kier molecular flexibility index (Phi) is 15.9. The molecule has 3 N–H and O–H groups in total. The number of hydrogen-bond acceptors (Lipinski definition) is 9. The van der Waals surface area contributed by atoms with Crippen molar-refractivity contribution >= 4 is 35.6 Å². The third-order valence-corrected chi connectivity index (χ3v) is 7.05. The molecule has 278 valence electrons. The Balaban J connectivity index is 2.07. The van der Waals surface area contributed by atoms with Crippen LogP contribution in [0, 0.1) is 0 Å². The second kappa shape index (κ2) is 18.8. The lowest BCUT2D eigenvalue weighted by molar-refractivity contribution is 0.0515. The molecule has 2 aromatic heterocycles. The smallest absolute Gasteiger partial charge is 0.416 e. The van der Waals surface area contributed by atoms with Crippen molar-refractivity contribution in [2.24, 2.45) is 0 Å².